The second kappa shape index (κ2) is 7.55. The lowest BCUT2D eigenvalue weighted by Gasteiger charge is -2.29. The number of carbonyl (C=O) groups is 1. The molecule has 0 spiro atoms. The molecule has 0 fully saturated rings. The van der Waals surface area contributed by atoms with Gasteiger partial charge in [-0.05, 0) is 41.8 Å². The highest BCUT2D eigenvalue weighted by atomic mass is 16.2. The standard InChI is InChI=1S/C25H23N3O/c29-25(27-17-16-19-8-4-5-9-20(19)18-27)15-14-24-26-22-12-6-7-13-23(22)28(24)21-10-2-1-3-11-21/h1-13H,14-18H2. The second-order valence-electron chi connectivity index (χ2n) is 7.52. The Morgan fingerprint density at radius 3 is 2.45 bits per heavy atom. The molecule has 0 bridgehead atoms. The number of nitrogens with zero attached hydrogens (tertiary/aromatic N) is 3. The lowest BCUT2D eigenvalue weighted by atomic mass is 9.99. The summed E-state index contributed by atoms with van der Waals surface area (Å²) in [7, 11) is 0. The number of hydrogen-bond acceptors (Lipinski definition) is 2. The van der Waals surface area contributed by atoms with Crippen molar-refractivity contribution in [3.05, 3.63) is 95.8 Å². The fourth-order valence-corrected chi connectivity index (χ4v) is 4.19. The normalized spacial score (nSPS) is 13.4. The lowest BCUT2D eigenvalue weighted by molar-refractivity contribution is -0.132. The Balaban J connectivity index is 1.38. The molecule has 0 N–H and O–H groups in total. The van der Waals surface area contributed by atoms with Crippen LogP contribution in [0.25, 0.3) is 16.7 Å². The van der Waals surface area contributed by atoms with Gasteiger partial charge in [0.25, 0.3) is 0 Å². The average molecular weight is 381 g/mol. The summed E-state index contributed by atoms with van der Waals surface area (Å²) in [6.45, 7) is 1.51. The van der Waals surface area contributed by atoms with E-state index in [1.54, 1.807) is 0 Å². The topological polar surface area (TPSA) is 38.1 Å². The highest BCUT2D eigenvalue weighted by Crippen LogP contribution is 2.23. The Labute approximate surface area is 170 Å². The average Bonchev–Trinajstić information content (AvgIpc) is 3.16. The van der Waals surface area contributed by atoms with Gasteiger partial charge in [0.1, 0.15) is 5.82 Å². The van der Waals surface area contributed by atoms with E-state index in [4.69, 9.17) is 4.98 Å². The summed E-state index contributed by atoms with van der Waals surface area (Å²) in [6.07, 6.45) is 2.03. The minimum atomic E-state index is 0.200. The largest absolute Gasteiger partial charge is 0.338 e. The summed E-state index contributed by atoms with van der Waals surface area (Å²) in [5.41, 5.74) is 5.75. The Kier molecular flexibility index (Phi) is 4.60. The van der Waals surface area contributed by atoms with Crippen LogP contribution in [0, 0.1) is 0 Å². The van der Waals surface area contributed by atoms with Crippen LogP contribution in [0.15, 0.2) is 78.9 Å². The molecule has 0 radical (unpaired) electrons. The third kappa shape index (κ3) is 3.42. The number of imidazole rings is 1. The highest BCUT2D eigenvalue weighted by molar-refractivity contribution is 5.79. The molecule has 0 saturated carbocycles. The summed E-state index contributed by atoms with van der Waals surface area (Å²) < 4.78 is 2.17. The fraction of sp³-hybridized carbons (Fsp3) is 0.200. The van der Waals surface area contributed by atoms with Crippen molar-refractivity contribution in [1.82, 2.24) is 14.5 Å². The minimum Gasteiger partial charge on any atom is -0.338 e. The van der Waals surface area contributed by atoms with Gasteiger partial charge in [-0.1, -0.05) is 54.6 Å². The third-order valence-corrected chi connectivity index (χ3v) is 5.69. The van der Waals surface area contributed by atoms with E-state index in [1.807, 2.05) is 41.3 Å². The van der Waals surface area contributed by atoms with Gasteiger partial charge >= 0.3 is 0 Å². The van der Waals surface area contributed by atoms with Crippen LogP contribution in [-0.4, -0.2) is 26.9 Å². The van der Waals surface area contributed by atoms with Crippen molar-refractivity contribution in [2.75, 3.05) is 6.54 Å². The van der Waals surface area contributed by atoms with E-state index in [-0.39, 0.29) is 5.91 Å². The predicted molar refractivity (Wildman–Crippen MR) is 115 cm³/mol. The number of para-hydroxylation sites is 3. The van der Waals surface area contributed by atoms with Crippen LogP contribution < -0.4 is 0 Å². The van der Waals surface area contributed by atoms with Crippen LogP contribution >= 0.6 is 0 Å². The van der Waals surface area contributed by atoms with Crippen LogP contribution in [0.5, 0.6) is 0 Å². The number of aromatic nitrogens is 2. The molecule has 29 heavy (non-hydrogen) atoms. The van der Waals surface area contributed by atoms with E-state index in [0.29, 0.717) is 19.4 Å². The lowest BCUT2D eigenvalue weighted by Crippen LogP contribution is -2.36. The summed E-state index contributed by atoms with van der Waals surface area (Å²) in [5.74, 6) is 1.13. The number of benzene rings is 3. The summed E-state index contributed by atoms with van der Waals surface area (Å²) in [6, 6.07) is 26.8. The molecule has 5 rings (SSSR count). The molecule has 0 saturated heterocycles. The van der Waals surface area contributed by atoms with Crippen molar-refractivity contribution in [2.45, 2.75) is 25.8 Å². The zero-order valence-electron chi connectivity index (χ0n) is 16.3. The molecular weight excluding hydrogens is 358 g/mol. The minimum absolute atomic E-state index is 0.200. The Bertz CT molecular complexity index is 1160. The molecule has 144 valence electrons. The molecule has 0 atom stereocenters. The van der Waals surface area contributed by atoms with Gasteiger partial charge in [-0.15, -0.1) is 0 Å². The zero-order valence-corrected chi connectivity index (χ0v) is 16.3. The van der Waals surface area contributed by atoms with Gasteiger partial charge in [-0.3, -0.25) is 9.36 Å². The maximum Gasteiger partial charge on any atom is 0.223 e. The summed E-state index contributed by atoms with van der Waals surface area (Å²) >= 11 is 0. The van der Waals surface area contributed by atoms with Crippen LogP contribution in [0.2, 0.25) is 0 Å². The molecule has 1 aliphatic heterocycles. The molecule has 3 aromatic carbocycles. The van der Waals surface area contributed by atoms with Crippen LogP contribution in [0.3, 0.4) is 0 Å². The van der Waals surface area contributed by atoms with E-state index in [9.17, 15) is 4.79 Å². The van der Waals surface area contributed by atoms with Gasteiger partial charge in [-0.25, -0.2) is 4.98 Å². The second-order valence-corrected chi connectivity index (χ2v) is 7.52. The van der Waals surface area contributed by atoms with Gasteiger partial charge in [-0.2, -0.15) is 0 Å². The smallest absolute Gasteiger partial charge is 0.223 e. The number of fused-ring (bicyclic) bond motifs is 2. The number of rotatable bonds is 4. The van der Waals surface area contributed by atoms with E-state index >= 15 is 0 Å². The fourth-order valence-electron chi connectivity index (χ4n) is 4.19. The molecule has 4 aromatic rings. The number of carbonyl (C=O) groups excluding carboxylic acids is 1. The highest BCUT2D eigenvalue weighted by Gasteiger charge is 2.21. The first kappa shape index (κ1) is 17.7. The molecule has 2 heterocycles. The van der Waals surface area contributed by atoms with E-state index < -0.39 is 0 Å². The van der Waals surface area contributed by atoms with Crippen molar-refractivity contribution in [3.63, 3.8) is 0 Å². The maximum absolute atomic E-state index is 12.9. The van der Waals surface area contributed by atoms with E-state index in [0.717, 1.165) is 35.5 Å². The Morgan fingerprint density at radius 2 is 1.59 bits per heavy atom. The van der Waals surface area contributed by atoms with Crippen molar-refractivity contribution < 1.29 is 4.79 Å². The molecule has 0 aliphatic carbocycles. The first-order valence-electron chi connectivity index (χ1n) is 10.2. The molecule has 0 unspecified atom stereocenters. The first-order valence-corrected chi connectivity index (χ1v) is 10.2. The molecule has 4 heteroatoms. The maximum atomic E-state index is 12.9. The van der Waals surface area contributed by atoms with Gasteiger partial charge in [0.05, 0.1) is 11.0 Å². The number of hydrogen-bond donors (Lipinski definition) is 0. The van der Waals surface area contributed by atoms with Crippen LogP contribution in [-0.2, 0) is 24.2 Å². The monoisotopic (exact) mass is 381 g/mol. The number of aryl methyl sites for hydroxylation is 1. The number of amides is 1. The van der Waals surface area contributed by atoms with Crippen molar-refractivity contribution in [2.24, 2.45) is 0 Å². The molecular formula is C25H23N3O. The van der Waals surface area contributed by atoms with Gasteiger partial charge in [0.15, 0.2) is 0 Å². The Hall–Kier alpha value is -3.40. The predicted octanol–water partition coefficient (Wildman–Crippen LogP) is 4.54. The first-order chi connectivity index (χ1) is 14.3. The van der Waals surface area contributed by atoms with Gasteiger partial charge in [0, 0.05) is 31.6 Å². The molecule has 1 aliphatic rings. The van der Waals surface area contributed by atoms with E-state index in [1.165, 1.54) is 11.1 Å². The quantitative estimate of drug-likeness (QED) is 0.520. The summed E-state index contributed by atoms with van der Waals surface area (Å²) in [4.78, 5) is 19.8. The van der Waals surface area contributed by atoms with Crippen molar-refractivity contribution in [1.29, 1.82) is 0 Å². The van der Waals surface area contributed by atoms with Crippen molar-refractivity contribution in [3.8, 4) is 5.69 Å². The summed E-state index contributed by atoms with van der Waals surface area (Å²) in [5, 5.41) is 0. The SMILES string of the molecule is O=C(CCc1nc2ccccc2n1-c1ccccc1)N1CCc2ccccc2C1. The molecule has 1 aromatic heterocycles. The van der Waals surface area contributed by atoms with E-state index in [2.05, 4.69) is 47.0 Å². The van der Waals surface area contributed by atoms with Crippen molar-refractivity contribution >= 4 is 16.9 Å². The van der Waals surface area contributed by atoms with Gasteiger partial charge in [0.2, 0.25) is 5.91 Å². The van der Waals surface area contributed by atoms with Gasteiger partial charge < -0.3 is 4.90 Å². The molecule has 1 amide bonds. The van der Waals surface area contributed by atoms with Crippen LogP contribution in [0.4, 0.5) is 0 Å². The zero-order chi connectivity index (χ0) is 19.6. The van der Waals surface area contributed by atoms with Crippen LogP contribution in [0.1, 0.15) is 23.4 Å². The molecule has 4 nitrogen and oxygen atoms in total. The Morgan fingerprint density at radius 1 is 0.862 bits per heavy atom. The third-order valence-electron chi connectivity index (χ3n) is 5.69.